The second-order valence-electron chi connectivity index (χ2n) is 7.31. The Morgan fingerprint density at radius 1 is 1.00 bits per heavy atom. The smallest absolute Gasteiger partial charge is 0.407 e. The number of carbonyl (C=O) groups excluding carboxylic acids is 2. The fraction of sp³-hybridized carbons (Fsp3) is 0.200. The van der Waals surface area contributed by atoms with Gasteiger partial charge in [0, 0.05) is 12.2 Å². The highest BCUT2D eigenvalue weighted by molar-refractivity contribution is 9.10. The van der Waals surface area contributed by atoms with Crippen LogP contribution < -0.4 is 21.1 Å². The number of hydrogen-bond donors (Lipinski definition) is 3. The van der Waals surface area contributed by atoms with Gasteiger partial charge < -0.3 is 25.8 Å². The zero-order valence-corrected chi connectivity index (χ0v) is 19.8. The van der Waals surface area contributed by atoms with E-state index < -0.39 is 12.1 Å². The van der Waals surface area contributed by atoms with Crippen LogP contribution in [0.2, 0.25) is 0 Å². The summed E-state index contributed by atoms with van der Waals surface area (Å²) in [7, 11) is 1.57. The summed E-state index contributed by atoms with van der Waals surface area (Å²) in [6, 6.07) is 21.5. The summed E-state index contributed by atoms with van der Waals surface area (Å²) < 4.78 is 11.3. The van der Waals surface area contributed by atoms with Crippen LogP contribution in [-0.4, -0.2) is 19.1 Å². The molecule has 2 amide bonds. The molecule has 0 radical (unpaired) electrons. The molecule has 0 aromatic heterocycles. The van der Waals surface area contributed by atoms with Crippen molar-refractivity contribution in [3.8, 4) is 5.75 Å². The maximum Gasteiger partial charge on any atom is 0.407 e. The van der Waals surface area contributed by atoms with Gasteiger partial charge in [0.15, 0.2) is 0 Å². The highest BCUT2D eigenvalue weighted by atomic mass is 79.9. The zero-order chi connectivity index (χ0) is 23.6. The second kappa shape index (κ2) is 12.0. The number of methoxy groups -OCH3 is 1. The van der Waals surface area contributed by atoms with Crippen molar-refractivity contribution < 1.29 is 19.1 Å². The third-order valence-electron chi connectivity index (χ3n) is 4.92. The predicted octanol–water partition coefficient (Wildman–Crippen LogP) is 4.91. The Morgan fingerprint density at radius 3 is 2.45 bits per heavy atom. The van der Waals surface area contributed by atoms with E-state index in [1.54, 1.807) is 25.3 Å². The van der Waals surface area contributed by atoms with Gasteiger partial charge >= 0.3 is 6.09 Å². The highest BCUT2D eigenvalue weighted by Crippen LogP contribution is 2.29. The third-order valence-corrected chi connectivity index (χ3v) is 5.54. The van der Waals surface area contributed by atoms with Crippen molar-refractivity contribution in [3.63, 3.8) is 0 Å². The van der Waals surface area contributed by atoms with Gasteiger partial charge in [-0.3, -0.25) is 4.79 Å². The van der Waals surface area contributed by atoms with E-state index in [1.165, 1.54) is 0 Å². The number of ether oxygens (including phenoxy) is 2. The van der Waals surface area contributed by atoms with Crippen LogP contribution in [0.4, 0.5) is 10.5 Å². The molecule has 0 saturated carbocycles. The van der Waals surface area contributed by atoms with Crippen molar-refractivity contribution in [1.82, 2.24) is 5.32 Å². The zero-order valence-electron chi connectivity index (χ0n) is 18.2. The van der Waals surface area contributed by atoms with E-state index in [9.17, 15) is 9.59 Å². The van der Waals surface area contributed by atoms with Crippen LogP contribution in [0.5, 0.6) is 5.75 Å². The lowest BCUT2D eigenvalue weighted by molar-refractivity contribution is -0.116. The fourth-order valence-electron chi connectivity index (χ4n) is 3.23. The van der Waals surface area contributed by atoms with Gasteiger partial charge in [-0.05, 0) is 56.9 Å². The first kappa shape index (κ1) is 24.3. The maximum atomic E-state index is 12.8. The fourth-order valence-corrected chi connectivity index (χ4v) is 3.79. The van der Waals surface area contributed by atoms with Crippen molar-refractivity contribution in [1.29, 1.82) is 0 Å². The molecule has 0 bridgehead atoms. The Balaban J connectivity index is 1.72. The molecule has 0 aliphatic heterocycles. The highest BCUT2D eigenvalue weighted by Gasteiger charge is 2.21. The summed E-state index contributed by atoms with van der Waals surface area (Å²) in [5.74, 6) is 0.386. The minimum Gasteiger partial charge on any atom is -0.496 e. The maximum absolute atomic E-state index is 12.8. The van der Waals surface area contributed by atoms with Crippen molar-refractivity contribution in [2.24, 2.45) is 5.73 Å². The van der Waals surface area contributed by atoms with Crippen LogP contribution in [0.3, 0.4) is 0 Å². The van der Waals surface area contributed by atoms with Gasteiger partial charge in [0.2, 0.25) is 5.91 Å². The molecule has 3 rings (SSSR count). The van der Waals surface area contributed by atoms with Crippen LogP contribution in [0.15, 0.2) is 77.3 Å². The standard InChI is InChI=1S/C25H26BrN3O4/c1-32-23-11-10-19(13-21(23)26)22(29-25(31)33-16-17-6-3-2-4-7-17)14-24(30)28-20-9-5-8-18(12-20)15-27/h2-13,22H,14-16,27H2,1H3,(H,28,30)(H,29,31)/t22-/m1/s1. The third kappa shape index (κ3) is 7.34. The minimum absolute atomic E-state index is 0.00601. The van der Waals surface area contributed by atoms with E-state index in [0.29, 0.717) is 22.5 Å². The molecule has 3 aromatic carbocycles. The first-order valence-electron chi connectivity index (χ1n) is 10.4. The number of anilines is 1. The van der Waals surface area contributed by atoms with E-state index in [2.05, 4.69) is 26.6 Å². The molecule has 0 unspecified atom stereocenters. The summed E-state index contributed by atoms with van der Waals surface area (Å²) in [5.41, 5.74) is 8.83. The molecule has 0 aliphatic rings. The number of hydrogen-bond acceptors (Lipinski definition) is 5. The second-order valence-corrected chi connectivity index (χ2v) is 8.16. The van der Waals surface area contributed by atoms with Gasteiger partial charge in [-0.1, -0.05) is 48.5 Å². The predicted molar refractivity (Wildman–Crippen MR) is 131 cm³/mol. The van der Waals surface area contributed by atoms with Gasteiger partial charge in [-0.25, -0.2) is 4.79 Å². The Labute approximate surface area is 201 Å². The Bertz CT molecular complexity index is 1090. The number of alkyl carbamates (subject to hydrolysis) is 1. The Hall–Kier alpha value is -3.36. The molecule has 7 nitrogen and oxygen atoms in total. The number of halogens is 1. The lowest BCUT2D eigenvalue weighted by atomic mass is 10.0. The summed E-state index contributed by atoms with van der Waals surface area (Å²) >= 11 is 3.46. The largest absolute Gasteiger partial charge is 0.496 e. The molecule has 0 heterocycles. The minimum atomic E-state index is -0.617. The van der Waals surface area contributed by atoms with E-state index in [1.807, 2.05) is 54.6 Å². The Morgan fingerprint density at radius 2 is 1.76 bits per heavy atom. The molecule has 8 heteroatoms. The molecule has 0 saturated heterocycles. The van der Waals surface area contributed by atoms with Crippen molar-refractivity contribution in [2.75, 3.05) is 12.4 Å². The lowest BCUT2D eigenvalue weighted by Gasteiger charge is -2.20. The van der Waals surface area contributed by atoms with Crippen LogP contribution in [0, 0.1) is 0 Å². The Kier molecular flexibility index (Phi) is 8.86. The topological polar surface area (TPSA) is 103 Å². The van der Waals surface area contributed by atoms with Crippen molar-refractivity contribution in [3.05, 3.63) is 94.0 Å². The molecular weight excluding hydrogens is 486 g/mol. The lowest BCUT2D eigenvalue weighted by Crippen LogP contribution is -2.32. The van der Waals surface area contributed by atoms with E-state index >= 15 is 0 Å². The molecule has 4 N–H and O–H groups in total. The monoisotopic (exact) mass is 511 g/mol. The quantitative estimate of drug-likeness (QED) is 0.378. The van der Waals surface area contributed by atoms with E-state index in [4.69, 9.17) is 15.2 Å². The van der Waals surface area contributed by atoms with Gasteiger partial charge in [-0.15, -0.1) is 0 Å². The number of rotatable bonds is 9. The number of nitrogens with one attached hydrogen (secondary N) is 2. The van der Waals surface area contributed by atoms with Crippen LogP contribution >= 0.6 is 15.9 Å². The van der Waals surface area contributed by atoms with Gasteiger partial charge in [-0.2, -0.15) is 0 Å². The molecule has 172 valence electrons. The summed E-state index contributed by atoms with van der Waals surface area (Å²) in [6.45, 7) is 0.505. The van der Waals surface area contributed by atoms with Gasteiger partial charge in [0.1, 0.15) is 12.4 Å². The van der Waals surface area contributed by atoms with Crippen LogP contribution in [0.1, 0.15) is 29.2 Å². The van der Waals surface area contributed by atoms with Crippen LogP contribution in [0.25, 0.3) is 0 Å². The number of amides is 2. The van der Waals surface area contributed by atoms with E-state index in [0.717, 1.165) is 16.7 Å². The average molecular weight is 512 g/mol. The van der Waals surface area contributed by atoms with Crippen molar-refractivity contribution >= 4 is 33.6 Å². The van der Waals surface area contributed by atoms with Gasteiger partial charge in [0.25, 0.3) is 0 Å². The molecule has 33 heavy (non-hydrogen) atoms. The van der Waals surface area contributed by atoms with Crippen LogP contribution in [-0.2, 0) is 22.7 Å². The molecule has 0 fully saturated rings. The molecule has 3 aromatic rings. The first-order valence-corrected chi connectivity index (χ1v) is 11.2. The SMILES string of the molecule is COc1ccc([C@@H](CC(=O)Nc2cccc(CN)c2)NC(=O)OCc2ccccc2)cc1Br. The average Bonchev–Trinajstić information content (AvgIpc) is 2.83. The molecule has 0 aliphatic carbocycles. The van der Waals surface area contributed by atoms with Gasteiger partial charge in [0.05, 0.1) is 24.0 Å². The first-order chi connectivity index (χ1) is 16.0. The number of nitrogens with two attached hydrogens (primary N) is 1. The number of benzene rings is 3. The summed E-state index contributed by atoms with van der Waals surface area (Å²) in [4.78, 5) is 25.3. The van der Waals surface area contributed by atoms with E-state index in [-0.39, 0.29) is 18.9 Å². The molecular formula is C25H26BrN3O4. The molecule has 0 spiro atoms. The van der Waals surface area contributed by atoms with Crippen molar-refractivity contribution in [2.45, 2.75) is 25.6 Å². The normalized spacial score (nSPS) is 11.4. The summed E-state index contributed by atoms with van der Waals surface area (Å²) in [6.07, 6.45) is -0.611. The molecule has 1 atom stereocenters. The number of carbonyl (C=O) groups is 2. The summed E-state index contributed by atoms with van der Waals surface area (Å²) in [5, 5.41) is 5.67.